The van der Waals surface area contributed by atoms with Crippen LogP contribution < -0.4 is 16.4 Å². The van der Waals surface area contributed by atoms with Gasteiger partial charge in [0.25, 0.3) is 11.5 Å². The standard InChI is InChI=1S/C20H17F3N4O3/c1-2-27-19(30)15-6-4-3-5-14(15)17(26-27)18(29)25-24-16(28)11-12-7-9-13(10-8-12)20(21,22)23/h3-10H,2,11H2,1H3,(H,24,28)(H,25,29). The first-order valence-electron chi connectivity index (χ1n) is 8.96. The number of hydrogen-bond donors (Lipinski definition) is 2. The number of rotatable bonds is 4. The van der Waals surface area contributed by atoms with Crippen LogP contribution in [0, 0.1) is 0 Å². The largest absolute Gasteiger partial charge is 0.416 e. The number of hydrazine groups is 1. The normalized spacial score (nSPS) is 11.3. The van der Waals surface area contributed by atoms with Gasteiger partial charge in [0.05, 0.1) is 17.4 Å². The van der Waals surface area contributed by atoms with Gasteiger partial charge in [-0.05, 0) is 30.7 Å². The maximum atomic E-state index is 12.6. The summed E-state index contributed by atoms with van der Waals surface area (Å²) in [4.78, 5) is 36.9. The quantitative estimate of drug-likeness (QED) is 0.637. The molecular formula is C20H17F3N4O3. The predicted molar refractivity (Wildman–Crippen MR) is 102 cm³/mol. The number of halogens is 3. The first-order valence-corrected chi connectivity index (χ1v) is 8.96. The van der Waals surface area contributed by atoms with Crippen LogP contribution in [0.3, 0.4) is 0 Å². The smallest absolute Gasteiger partial charge is 0.273 e. The Morgan fingerprint density at radius 1 is 1.00 bits per heavy atom. The van der Waals surface area contributed by atoms with E-state index in [4.69, 9.17) is 0 Å². The third kappa shape index (κ3) is 4.48. The van der Waals surface area contributed by atoms with Crippen LogP contribution in [0.4, 0.5) is 13.2 Å². The Hall–Kier alpha value is -3.69. The van der Waals surface area contributed by atoms with E-state index in [1.807, 2.05) is 0 Å². The lowest BCUT2D eigenvalue weighted by Gasteiger charge is -2.11. The summed E-state index contributed by atoms with van der Waals surface area (Å²) in [5.41, 5.74) is 3.58. The van der Waals surface area contributed by atoms with Gasteiger partial charge in [-0.15, -0.1) is 0 Å². The summed E-state index contributed by atoms with van der Waals surface area (Å²) < 4.78 is 38.9. The molecule has 2 amide bonds. The summed E-state index contributed by atoms with van der Waals surface area (Å²) in [6.07, 6.45) is -4.69. The van der Waals surface area contributed by atoms with Crippen LogP contribution in [0.15, 0.2) is 53.3 Å². The van der Waals surface area contributed by atoms with Crippen molar-refractivity contribution in [3.8, 4) is 0 Å². The van der Waals surface area contributed by atoms with Gasteiger partial charge in [0.2, 0.25) is 5.91 Å². The van der Waals surface area contributed by atoms with Gasteiger partial charge in [-0.1, -0.05) is 30.3 Å². The summed E-state index contributed by atoms with van der Waals surface area (Å²) in [6, 6.07) is 10.6. The molecule has 0 saturated carbocycles. The molecule has 0 aliphatic heterocycles. The third-order valence-corrected chi connectivity index (χ3v) is 4.34. The van der Waals surface area contributed by atoms with E-state index >= 15 is 0 Å². The lowest BCUT2D eigenvalue weighted by Crippen LogP contribution is -2.43. The molecule has 2 aromatic carbocycles. The molecule has 0 saturated heterocycles. The second kappa shape index (κ2) is 8.36. The summed E-state index contributed by atoms with van der Waals surface area (Å²) in [5, 5.41) is 4.70. The van der Waals surface area contributed by atoms with Crippen molar-refractivity contribution in [1.29, 1.82) is 0 Å². The molecule has 1 aromatic heterocycles. The number of benzene rings is 2. The predicted octanol–water partition coefficient (Wildman–Crippen LogP) is 2.44. The Kier molecular flexibility index (Phi) is 5.86. The molecule has 0 radical (unpaired) electrons. The van der Waals surface area contributed by atoms with Crippen molar-refractivity contribution in [3.05, 3.63) is 75.7 Å². The van der Waals surface area contributed by atoms with Crippen LogP contribution in [0.5, 0.6) is 0 Å². The van der Waals surface area contributed by atoms with E-state index < -0.39 is 23.6 Å². The van der Waals surface area contributed by atoms with Crippen molar-refractivity contribution in [2.45, 2.75) is 26.1 Å². The van der Waals surface area contributed by atoms with Crippen molar-refractivity contribution in [2.24, 2.45) is 0 Å². The number of aryl methyl sites for hydroxylation is 1. The Morgan fingerprint density at radius 3 is 2.23 bits per heavy atom. The average molecular weight is 418 g/mol. The first-order chi connectivity index (χ1) is 14.2. The van der Waals surface area contributed by atoms with Gasteiger partial charge in [-0.2, -0.15) is 18.3 Å². The number of aromatic nitrogens is 2. The number of nitrogens with one attached hydrogen (secondary N) is 2. The van der Waals surface area contributed by atoms with Crippen LogP contribution in [0.2, 0.25) is 0 Å². The van der Waals surface area contributed by atoms with Gasteiger partial charge < -0.3 is 0 Å². The van der Waals surface area contributed by atoms with E-state index in [0.29, 0.717) is 16.3 Å². The molecule has 0 spiro atoms. The van der Waals surface area contributed by atoms with Gasteiger partial charge in [0.15, 0.2) is 5.69 Å². The molecule has 1 heterocycles. The van der Waals surface area contributed by atoms with E-state index in [-0.39, 0.29) is 24.2 Å². The maximum absolute atomic E-state index is 12.6. The van der Waals surface area contributed by atoms with Crippen molar-refractivity contribution in [1.82, 2.24) is 20.6 Å². The van der Waals surface area contributed by atoms with E-state index in [9.17, 15) is 27.6 Å². The van der Waals surface area contributed by atoms with Crippen molar-refractivity contribution in [2.75, 3.05) is 0 Å². The minimum atomic E-state index is -4.46. The Balaban J connectivity index is 1.71. The van der Waals surface area contributed by atoms with Gasteiger partial charge in [0.1, 0.15) is 0 Å². The molecule has 3 rings (SSSR count). The van der Waals surface area contributed by atoms with Gasteiger partial charge in [0, 0.05) is 11.9 Å². The SMILES string of the molecule is CCn1nc(C(=O)NNC(=O)Cc2ccc(C(F)(F)F)cc2)c2ccccc2c1=O. The number of carbonyl (C=O) groups excluding carboxylic acids is 2. The molecule has 0 fully saturated rings. The molecule has 10 heteroatoms. The number of carbonyl (C=O) groups is 2. The molecule has 0 bridgehead atoms. The molecule has 156 valence electrons. The van der Waals surface area contributed by atoms with E-state index in [0.717, 1.165) is 16.8 Å². The fraction of sp³-hybridized carbons (Fsp3) is 0.200. The molecule has 3 aromatic rings. The second-order valence-electron chi connectivity index (χ2n) is 6.39. The summed E-state index contributed by atoms with van der Waals surface area (Å²) in [7, 11) is 0. The van der Waals surface area contributed by atoms with Crippen LogP contribution >= 0.6 is 0 Å². The minimum absolute atomic E-state index is 0.0399. The summed E-state index contributed by atoms with van der Waals surface area (Å²) in [6.45, 7) is 1.96. The molecular weight excluding hydrogens is 401 g/mol. The zero-order valence-corrected chi connectivity index (χ0v) is 15.8. The third-order valence-electron chi connectivity index (χ3n) is 4.34. The average Bonchev–Trinajstić information content (AvgIpc) is 2.72. The number of fused-ring (bicyclic) bond motifs is 1. The Bertz CT molecular complexity index is 1150. The highest BCUT2D eigenvalue weighted by Gasteiger charge is 2.30. The van der Waals surface area contributed by atoms with Crippen LogP contribution in [-0.4, -0.2) is 21.6 Å². The molecule has 0 aliphatic rings. The maximum Gasteiger partial charge on any atom is 0.416 e. The van der Waals surface area contributed by atoms with Crippen LogP contribution in [-0.2, 0) is 23.9 Å². The number of nitrogens with zero attached hydrogens (tertiary/aromatic N) is 2. The second-order valence-corrected chi connectivity index (χ2v) is 6.39. The fourth-order valence-corrected chi connectivity index (χ4v) is 2.84. The highest BCUT2D eigenvalue weighted by Crippen LogP contribution is 2.29. The molecule has 7 nitrogen and oxygen atoms in total. The zero-order chi connectivity index (χ0) is 21.9. The van der Waals surface area contributed by atoms with Crippen LogP contribution in [0.25, 0.3) is 10.8 Å². The highest BCUT2D eigenvalue weighted by molar-refractivity contribution is 6.05. The van der Waals surface area contributed by atoms with Crippen molar-refractivity contribution < 1.29 is 22.8 Å². The lowest BCUT2D eigenvalue weighted by atomic mass is 10.1. The Labute approximate surface area is 168 Å². The molecule has 2 N–H and O–H groups in total. The number of amides is 2. The van der Waals surface area contributed by atoms with E-state index in [1.54, 1.807) is 31.2 Å². The van der Waals surface area contributed by atoms with Gasteiger partial charge in [-0.25, -0.2) is 4.68 Å². The molecule has 30 heavy (non-hydrogen) atoms. The first kappa shape index (κ1) is 21.0. The monoisotopic (exact) mass is 418 g/mol. The Morgan fingerprint density at radius 2 is 1.63 bits per heavy atom. The number of alkyl halides is 3. The van der Waals surface area contributed by atoms with Gasteiger partial charge >= 0.3 is 6.18 Å². The zero-order valence-electron chi connectivity index (χ0n) is 15.8. The summed E-state index contributed by atoms with van der Waals surface area (Å²) in [5.74, 6) is -1.36. The minimum Gasteiger partial charge on any atom is -0.273 e. The molecule has 0 atom stereocenters. The fourth-order valence-electron chi connectivity index (χ4n) is 2.84. The molecule has 0 unspecified atom stereocenters. The summed E-state index contributed by atoms with van der Waals surface area (Å²) >= 11 is 0. The van der Waals surface area contributed by atoms with E-state index in [2.05, 4.69) is 16.0 Å². The van der Waals surface area contributed by atoms with Crippen LogP contribution in [0.1, 0.15) is 28.5 Å². The number of hydrogen-bond acceptors (Lipinski definition) is 4. The lowest BCUT2D eigenvalue weighted by molar-refractivity contribution is -0.137. The topological polar surface area (TPSA) is 93.1 Å². The highest BCUT2D eigenvalue weighted by atomic mass is 19.4. The van der Waals surface area contributed by atoms with Crippen molar-refractivity contribution >= 4 is 22.6 Å². The molecule has 0 aliphatic carbocycles. The van der Waals surface area contributed by atoms with E-state index in [1.165, 1.54) is 12.1 Å². The van der Waals surface area contributed by atoms with Crippen molar-refractivity contribution in [3.63, 3.8) is 0 Å². The van der Waals surface area contributed by atoms with Gasteiger partial charge in [-0.3, -0.25) is 25.2 Å².